The van der Waals surface area contributed by atoms with Crippen LogP contribution in [-0.4, -0.2) is 13.4 Å². The van der Waals surface area contributed by atoms with Crippen molar-refractivity contribution in [1.29, 1.82) is 0 Å². The Balaban J connectivity index is 2.05. The zero-order valence-corrected chi connectivity index (χ0v) is 16.7. The maximum atomic E-state index is 14.3. The Morgan fingerprint density at radius 1 is 0.897 bits per heavy atom. The third-order valence-corrected chi connectivity index (χ3v) is 6.64. The molecule has 0 unspecified atom stereocenters. The predicted octanol–water partition coefficient (Wildman–Crippen LogP) is 5.97. The minimum Gasteiger partial charge on any atom is -0.243 e. The fourth-order valence-corrected chi connectivity index (χ4v) is 4.62. The van der Waals surface area contributed by atoms with Gasteiger partial charge in [0.25, 0.3) is 0 Å². The second-order valence-electron chi connectivity index (χ2n) is 6.57. The Labute approximate surface area is 171 Å². The van der Waals surface area contributed by atoms with Crippen LogP contribution in [0.1, 0.15) is 5.56 Å². The van der Waals surface area contributed by atoms with Crippen molar-refractivity contribution in [2.24, 2.45) is 0 Å². The van der Waals surface area contributed by atoms with E-state index in [0.29, 0.717) is 21.5 Å². The van der Waals surface area contributed by atoms with E-state index in [9.17, 15) is 17.2 Å². The number of aryl methyl sites for hydroxylation is 1. The molecule has 4 rings (SSSR count). The molecule has 0 spiro atoms. The van der Waals surface area contributed by atoms with Gasteiger partial charge in [0, 0.05) is 16.0 Å². The van der Waals surface area contributed by atoms with E-state index in [4.69, 9.17) is 11.6 Å². The second-order valence-corrected chi connectivity index (χ2v) is 8.92. The summed E-state index contributed by atoms with van der Waals surface area (Å²) >= 11 is 5.94. The van der Waals surface area contributed by atoms with Gasteiger partial charge < -0.3 is 0 Å². The topological polar surface area (TPSA) is 47.0 Å². The summed E-state index contributed by atoms with van der Waals surface area (Å²) in [6, 6.07) is 15.8. The number of aromatic nitrogens is 1. The predicted molar refractivity (Wildman–Crippen MR) is 109 cm³/mol. The summed E-state index contributed by atoms with van der Waals surface area (Å²) in [7, 11) is -4.13. The summed E-state index contributed by atoms with van der Waals surface area (Å²) in [5, 5.41) is 0.791. The van der Waals surface area contributed by atoms with Crippen molar-refractivity contribution in [3.05, 3.63) is 89.0 Å². The van der Waals surface area contributed by atoms with Crippen LogP contribution in [0.5, 0.6) is 0 Å². The van der Waals surface area contributed by atoms with Crippen LogP contribution in [0.4, 0.5) is 8.78 Å². The lowest BCUT2D eigenvalue weighted by molar-refractivity contribution is 0.589. The van der Waals surface area contributed by atoms with Gasteiger partial charge in [0.05, 0.1) is 15.5 Å². The fraction of sp³-hybridized carbons (Fsp3) is 0.0455. The number of hydrogen-bond donors (Lipinski definition) is 0. The van der Waals surface area contributed by atoms with E-state index < -0.39 is 21.5 Å². The number of fused-ring (bicyclic) bond motifs is 1. The monoisotopic (exact) mass is 429 g/mol. The van der Waals surface area contributed by atoms with Gasteiger partial charge in [-0.25, -0.2) is 22.2 Å². The van der Waals surface area contributed by atoms with Crippen molar-refractivity contribution >= 4 is 32.3 Å². The Kier molecular flexibility index (Phi) is 4.84. The summed E-state index contributed by atoms with van der Waals surface area (Å²) in [5.74, 6) is -1.19. The largest absolute Gasteiger partial charge is 0.243 e. The average molecular weight is 430 g/mol. The molecule has 3 aromatic carbocycles. The summed E-state index contributed by atoms with van der Waals surface area (Å²) in [5.41, 5.74) is 0.901. The SMILES string of the molecule is Cc1ccc(S(=O)(=O)c2cc3cccc(F)c3nc2-c2ccc(Cl)cc2)cc1F. The highest BCUT2D eigenvalue weighted by atomic mass is 35.5. The summed E-state index contributed by atoms with van der Waals surface area (Å²) in [4.78, 5) is 3.98. The lowest BCUT2D eigenvalue weighted by Gasteiger charge is -2.13. The molecule has 0 aliphatic heterocycles. The molecule has 0 N–H and O–H groups in total. The quantitative estimate of drug-likeness (QED) is 0.402. The fourth-order valence-electron chi connectivity index (χ4n) is 3.03. The van der Waals surface area contributed by atoms with Crippen LogP contribution in [0.15, 0.2) is 76.5 Å². The van der Waals surface area contributed by atoms with Gasteiger partial charge in [-0.1, -0.05) is 41.9 Å². The average Bonchev–Trinajstić information content (AvgIpc) is 2.70. The van der Waals surface area contributed by atoms with Gasteiger partial charge in [-0.2, -0.15) is 0 Å². The molecule has 0 radical (unpaired) electrons. The number of hydrogen-bond acceptors (Lipinski definition) is 3. The van der Waals surface area contributed by atoms with Crippen LogP contribution >= 0.6 is 11.6 Å². The van der Waals surface area contributed by atoms with E-state index >= 15 is 0 Å². The lowest BCUT2D eigenvalue weighted by Crippen LogP contribution is -2.07. The zero-order chi connectivity index (χ0) is 20.8. The third kappa shape index (κ3) is 3.50. The summed E-state index contributed by atoms with van der Waals surface area (Å²) in [6.45, 7) is 1.55. The second kappa shape index (κ2) is 7.21. The maximum Gasteiger partial charge on any atom is 0.208 e. The highest BCUT2D eigenvalue weighted by Crippen LogP contribution is 2.34. The molecule has 0 aliphatic carbocycles. The van der Waals surface area contributed by atoms with E-state index in [1.54, 1.807) is 37.3 Å². The normalized spacial score (nSPS) is 11.7. The Morgan fingerprint density at radius 2 is 1.62 bits per heavy atom. The van der Waals surface area contributed by atoms with Crippen molar-refractivity contribution in [2.45, 2.75) is 16.7 Å². The molecular weight excluding hydrogens is 416 g/mol. The van der Waals surface area contributed by atoms with Gasteiger partial charge in [0.2, 0.25) is 9.84 Å². The molecule has 29 heavy (non-hydrogen) atoms. The summed E-state index contributed by atoms with van der Waals surface area (Å²) < 4.78 is 55.1. The highest BCUT2D eigenvalue weighted by Gasteiger charge is 2.25. The molecular formula is C22H14ClF2NO2S. The van der Waals surface area contributed by atoms with Gasteiger partial charge >= 0.3 is 0 Å². The van der Waals surface area contributed by atoms with E-state index in [1.165, 1.54) is 30.3 Å². The van der Waals surface area contributed by atoms with E-state index in [1.807, 2.05) is 0 Å². The molecule has 0 fully saturated rings. The van der Waals surface area contributed by atoms with Crippen molar-refractivity contribution in [3.63, 3.8) is 0 Å². The van der Waals surface area contributed by atoms with Gasteiger partial charge in [-0.3, -0.25) is 0 Å². The zero-order valence-electron chi connectivity index (χ0n) is 15.2. The van der Waals surface area contributed by atoms with Gasteiger partial charge in [-0.05, 0) is 48.9 Å². The first-order valence-electron chi connectivity index (χ1n) is 8.64. The van der Waals surface area contributed by atoms with Crippen LogP contribution in [0.2, 0.25) is 5.02 Å². The van der Waals surface area contributed by atoms with Crippen molar-refractivity contribution in [2.75, 3.05) is 0 Å². The van der Waals surface area contributed by atoms with Crippen molar-refractivity contribution in [3.8, 4) is 11.3 Å². The molecule has 1 aromatic heterocycles. The minimum atomic E-state index is -4.13. The first-order valence-corrected chi connectivity index (χ1v) is 10.5. The molecule has 7 heteroatoms. The smallest absolute Gasteiger partial charge is 0.208 e. The number of sulfone groups is 1. The maximum absolute atomic E-state index is 14.3. The summed E-state index contributed by atoms with van der Waals surface area (Å²) in [6.07, 6.45) is 0. The van der Waals surface area contributed by atoms with Gasteiger partial charge in [-0.15, -0.1) is 0 Å². The molecule has 0 saturated carbocycles. The van der Waals surface area contributed by atoms with Gasteiger partial charge in [0.15, 0.2) is 0 Å². The number of benzene rings is 3. The molecule has 146 valence electrons. The standard InChI is InChI=1S/C22H14ClF2NO2S/c1-13-5-10-17(12-19(13)25)29(27,28)20-11-15-3-2-4-18(24)21(15)26-22(20)14-6-8-16(23)9-7-14/h2-12H,1H3. The number of pyridine rings is 1. The minimum absolute atomic E-state index is 0.0477. The van der Waals surface area contributed by atoms with Crippen LogP contribution in [-0.2, 0) is 9.84 Å². The molecule has 0 atom stereocenters. The lowest BCUT2D eigenvalue weighted by atomic mass is 10.1. The van der Waals surface area contributed by atoms with E-state index in [0.717, 1.165) is 6.07 Å². The molecule has 0 amide bonds. The molecule has 3 nitrogen and oxygen atoms in total. The number of rotatable bonds is 3. The van der Waals surface area contributed by atoms with Crippen LogP contribution < -0.4 is 0 Å². The molecule has 0 saturated heterocycles. The molecule has 0 bridgehead atoms. The first-order chi connectivity index (χ1) is 13.8. The number of nitrogens with zero attached hydrogens (tertiary/aromatic N) is 1. The van der Waals surface area contributed by atoms with Crippen LogP contribution in [0.25, 0.3) is 22.2 Å². The highest BCUT2D eigenvalue weighted by molar-refractivity contribution is 7.91. The Hall–Kier alpha value is -2.83. The Morgan fingerprint density at radius 3 is 2.31 bits per heavy atom. The number of halogens is 3. The molecule has 1 heterocycles. The molecule has 4 aromatic rings. The van der Waals surface area contributed by atoms with Crippen molar-refractivity contribution in [1.82, 2.24) is 4.98 Å². The molecule has 0 aliphatic rings. The Bertz CT molecular complexity index is 1350. The van der Waals surface area contributed by atoms with Gasteiger partial charge in [0.1, 0.15) is 17.2 Å². The first kappa shape index (κ1) is 19.5. The van der Waals surface area contributed by atoms with E-state index in [-0.39, 0.29) is 21.0 Å². The van der Waals surface area contributed by atoms with Crippen LogP contribution in [0, 0.1) is 18.6 Å². The van der Waals surface area contributed by atoms with Crippen LogP contribution in [0.3, 0.4) is 0 Å². The van der Waals surface area contributed by atoms with Crippen molar-refractivity contribution < 1.29 is 17.2 Å². The third-order valence-electron chi connectivity index (χ3n) is 4.62. The number of para-hydroxylation sites is 1. The van der Waals surface area contributed by atoms with E-state index in [2.05, 4.69) is 4.98 Å².